The zero-order chi connectivity index (χ0) is 19.6. The average Bonchev–Trinajstić information content (AvgIpc) is 2.94. The molecule has 1 saturated heterocycles. The third-order valence-electron chi connectivity index (χ3n) is 3.86. The molecular weight excluding hydrogens is 539 g/mol. The summed E-state index contributed by atoms with van der Waals surface area (Å²) in [5.41, 5.74) is 4.01. The lowest BCUT2D eigenvalue weighted by atomic mass is 10.1. The Labute approximate surface area is 185 Å². The molecule has 4 nitrogen and oxygen atoms in total. The van der Waals surface area contributed by atoms with Gasteiger partial charge in [-0.1, -0.05) is 22.0 Å². The average molecular weight is 557 g/mol. The number of aliphatic imine (C=N–C) groups is 1. The third-order valence-corrected chi connectivity index (χ3v) is 6.86. The summed E-state index contributed by atoms with van der Waals surface area (Å²) in [4.78, 5) is 17.5. The molecule has 1 aliphatic rings. The lowest BCUT2D eigenvalue weighted by molar-refractivity contribution is -0.115. The first-order valence-corrected chi connectivity index (χ1v) is 11.0. The van der Waals surface area contributed by atoms with Crippen LogP contribution in [0.15, 0.2) is 44.7 Å². The number of benzene rings is 2. The van der Waals surface area contributed by atoms with Crippen molar-refractivity contribution >= 4 is 73.1 Å². The molecule has 2 aromatic carbocycles. The number of thioether (sulfide) groups is 1. The first kappa shape index (κ1) is 20.4. The predicted octanol–water partition coefficient (Wildman–Crippen LogP) is 5.96. The highest BCUT2D eigenvalue weighted by atomic mass is 127. The molecule has 0 radical (unpaired) electrons. The van der Waals surface area contributed by atoms with Crippen LogP contribution in [0.4, 0.5) is 5.69 Å². The molecule has 0 unspecified atom stereocenters. The molecule has 0 bridgehead atoms. The van der Waals surface area contributed by atoms with Gasteiger partial charge in [-0.05, 0) is 102 Å². The van der Waals surface area contributed by atoms with E-state index < -0.39 is 0 Å². The molecule has 2 aromatic rings. The summed E-state index contributed by atoms with van der Waals surface area (Å²) in [6.07, 6.45) is 1.87. The minimum Gasteiger partial charge on any atom is -0.493 e. The molecule has 0 aromatic heterocycles. The second kappa shape index (κ2) is 8.79. The molecule has 3 rings (SSSR count). The zero-order valence-electron chi connectivity index (χ0n) is 15.1. The molecule has 7 heteroatoms. The number of aryl methyl sites for hydroxylation is 2. The number of hydrogen-bond acceptors (Lipinski definition) is 4. The van der Waals surface area contributed by atoms with Crippen LogP contribution in [0.3, 0.4) is 0 Å². The molecule has 1 fully saturated rings. The summed E-state index contributed by atoms with van der Waals surface area (Å²) in [5.74, 6) is 0.722. The van der Waals surface area contributed by atoms with E-state index >= 15 is 0 Å². The van der Waals surface area contributed by atoms with Crippen molar-refractivity contribution in [1.82, 2.24) is 5.32 Å². The molecule has 1 amide bonds. The first-order valence-electron chi connectivity index (χ1n) is 8.36. The van der Waals surface area contributed by atoms with Crippen LogP contribution in [0.1, 0.15) is 23.6 Å². The van der Waals surface area contributed by atoms with Crippen LogP contribution in [0, 0.1) is 17.4 Å². The quantitative estimate of drug-likeness (QED) is 0.373. The van der Waals surface area contributed by atoms with Crippen LogP contribution >= 0.6 is 50.3 Å². The van der Waals surface area contributed by atoms with Gasteiger partial charge in [0.05, 0.1) is 20.8 Å². The predicted molar refractivity (Wildman–Crippen MR) is 125 cm³/mol. The van der Waals surface area contributed by atoms with Gasteiger partial charge in [-0.3, -0.25) is 4.79 Å². The van der Waals surface area contributed by atoms with E-state index in [-0.39, 0.29) is 5.91 Å². The number of hydrogen-bond donors (Lipinski definition) is 1. The van der Waals surface area contributed by atoms with Gasteiger partial charge >= 0.3 is 0 Å². The summed E-state index contributed by atoms with van der Waals surface area (Å²) in [5, 5.41) is 3.43. The maximum absolute atomic E-state index is 12.3. The molecule has 0 saturated carbocycles. The van der Waals surface area contributed by atoms with Crippen molar-refractivity contribution in [2.45, 2.75) is 20.8 Å². The molecule has 140 valence electrons. The normalized spacial score (nSPS) is 16.9. The Balaban J connectivity index is 1.83. The van der Waals surface area contributed by atoms with Crippen LogP contribution in [-0.2, 0) is 4.79 Å². The highest BCUT2D eigenvalue weighted by Crippen LogP contribution is 2.31. The lowest BCUT2D eigenvalue weighted by Gasteiger charge is -2.06. The van der Waals surface area contributed by atoms with E-state index in [0.29, 0.717) is 16.7 Å². The molecule has 1 aliphatic heterocycles. The SMILES string of the molecule is CCOc1ccc(/C=C2\SC(=Nc3cc(C)c(Br)c(C)c3)NC2=O)cc1I. The smallest absolute Gasteiger partial charge is 0.264 e. The Bertz CT molecular complexity index is 949. The third kappa shape index (κ3) is 4.94. The van der Waals surface area contributed by atoms with Crippen molar-refractivity contribution in [1.29, 1.82) is 0 Å². The van der Waals surface area contributed by atoms with Gasteiger partial charge in [0.15, 0.2) is 5.17 Å². The minimum atomic E-state index is -0.131. The van der Waals surface area contributed by atoms with E-state index in [0.717, 1.165) is 36.2 Å². The maximum Gasteiger partial charge on any atom is 0.264 e. The fraction of sp³-hybridized carbons (Fsp3) is 0.200. The fourth-order valence-electron chi connectivity index (χ4n) is 2.62. The number of rotatable bonds is 4. The van der Waals surface area contributed by atoms with Crippen molar-refractivity contribution in [2.75, 3.05) is 6.61 Å². The molecule has 0 atom stereocenters. The first-order chi connectivity index (χ1) is 12.9. The van der Waals surface area contributed by atoms with Crippen LogP contribution < -0.4 is 10.1 Å². The lowest BCUT2D eigenvalue weighted by Crippen LogP contribution is -2.19. The molecule has 1 N–H and O–H groups in total. The van der Waals surface area contributed by atoms with Crippen LogP contribution in [-0.4, -0.2) is 17.7 Å². The molecular formula is C20H18BrIN2O2S. The van der Waals surface area contributed by atoms with E-state index in [1.807, 2.05) is 57.2 Å². The molecule has 1 heterocycles. The number of nitrogens with one attached hydrogen (secondary N) is 1. The molecule has 0 spiro atoms. The van der Waals surface area contributed by atoms with Crippen molar-refractivity contribution < 1.29 is 9.53 Å². The van der Waals surface area contributed by atoms with E-state index in [2.05, 4.69) is 48.8 Å². The van der Waals surface area contributed by atoms with Gasteiger partial charge in [-0.25, -0.2) is 4.99 Å². The number of amides is 1. The van der Waals surface area contributed by atoms with Crippen LogP contribution in [0.5, 0.6) is 5.75 Å². The molecule has 27 heavy (non-hydrogen) atoms. The van der Waals surface area contributed by atoms with Crippen molar-refractivity contribution in [3.05, 3.63) is 60.0 Å². The Hall–Kier alpha value is -1.32. The second-order valence-corrected chi connectivity index (χ2v) is 8.98. The number of nitrogens with zero attached hydrogens (tertiary/aromatic N) is 1. The monoisotopic (exact) mass is 556 g/mol. The van der Waals surface area contributed by atoms with Crippen LogP contribution in [0.2, 0.25) is 0 Å². The van der Waals surface area contributed by atoms with Gasteiger partial charge in [0.1, 0.15) is 5.75 Å². The standard InChI is InChI=1S/C20H18BrIN2O2S/c1-4-26-16-6-5-13(9-15(16)22)10-17-19(25)24-20(27-17)23-14-7-11(2)18(21)12(3)8-14/h5-10H,4H2,1-3H3,(H,23,24,25)/b17-10-. The Morgan fingerprint density at radius 3 is 2.59 bits per heavy atom. The number of carbonyl (C=O) groups excluding carboxylic acids is 1. The van der Waals surface area contributed by atoms with E-state index in [4.69, 9.17) is 4.74 Å². The topological polar surface area (TPSA) is 50.7 Å². The van der Waals surface area contributed by atoms with E-state index in [1.165, 1.54) is 11.8 Å². The van der Waals surface area contributed by atoms with Crippen LogP contribution in [0.25, 0.3) is 6.08 Å². The number of ether oxygens (including phenoxy) is 1. The zero-order valence-corrected chi connectivity index (χ0v) is 19.7. The van der Waals surface area contributed by atoms with Gasteiger partial charge in [0.25, 0.3) is 5.91 Å². The minimum absolute atomic E-state index is 0.131. The van der Waals surface area contributed by atoms with Gasteiger partial charge < -0.3 is 10.1 Å². The Morgan fingerprint density at radius 1 is 1.26 bits per heavy atom. The van der Waals surface area contributed by atoms with Crippen molar-refractivity contribution in [3.63, 3.8) is 0 Å². The number of carbonyl (C=O) groups is 1. The Kier molecular flexibility index (Phi) is 6.65. The van der Waals surface area contributed by atoms with Gasteiger partial charge in [0.2, 0.25) is 0 Å². The highest BCUT2D eigenvalue weighted by molar-refractivity contribution is 14.1. The summed E-state index contributed by atoms with van der Waals surface area (Å²) < 4.78 is 7.66. The highest BCUT2D eigenvalue weighted by Gasteiger charge is 2.24. The van der Waals surface area contributed by atoms with Crippen molar-refractivity contribution in [2.24, 2.45) is 4.99 Å². The van der Waals surface area contributed by atoms with Crippen molar-refractivity contribution in [3.8, 4) is 5.75 Å². The van der Waals surface area contributed by atoms with E-state index in [9.17, 15) is 4.79 Å². The number of halogens is 2. The van der Waals surface area contributed by atoms with Gasteiger partial charge in [0, 0.05) is 4.47 Å². The number of amidine groups is 1. The van der Waals surface area contributed by atoms with Gasteiger partial charge in [-0.2, -0.15) is 0 Å². The summed E-state index contributed by atoms with van der Waals surface area (Å²) in [7, 11) is 0. The summed E-state index contributed by atoms with van der Waals surface area (Å²) in [6.45, 7) is 6.64. The Morgan fingerprint density at radius 2 is 1.96 bits per heavy atom. The molecule has 0 aliphatic carbocycles. The summed E-state index contributed by atoms with van der Waals surface area (Å²) >= 11 is 7.15. The second-order valence-electron chi connectivity index (χ2n) is 6.00. The fourth-order valence-corrected chi connectivity index (χ4v) is 4.38. The maximum atomic E-state index is 12.3. The largest absolute Gasteiger partial charge is 0.493 e. The summed E-state index contributed by atoms with van der Waals surface area (Å²) in [6, 6.07) is 9.87. The van der Waals surface area contributed by atoms with Gasteiger partial charge in [-0.15, -0.1) is 0 Å². The van der Waals surface area contributed by atoms with E-state index in [1.54, 1.807) is 0 Å².